The van der Waals surface area contributed by atoms with E-state index in [0.29, 0.717) is 30.5 Å². The number of methoxy groups -OCH3 is 1. The van der Waals surface area contributed by atoms with E-state index in [0.717, 1.165) is 32.5 Å². The van der Waals surface area contributed by atoms with Gasteiger partial charge in [-0.25, -0.2) is 0 Å². The van der Waals surface area contributed by atoms with Crippen molar-refractivity contribution in [1.82, 2.24) is 4.90 Å². The van der Waals surface area contributed by atoms with Gasteiger partial charge in [-0.05, 0) is 58.1 Å². The lowest BCUT2D eigenvalue weighted by Gasteiger charge is -2.18. The minimum atomic E-state index is -0.103. The Bertz CT molecular complexity index is 1500. The predicted molar refractivity (Wildman–Crippen MR) is 189 cm³/mol. The second-order valence-electron chi connectivity index (χ2n) is 13.2. The van der Waals surface area contributed by atoms with Crippen molar-refractivity contribution < 1.29 is 14.3 Å². The minimum absolute atomic E-state index is 0.0985. The Labute approximate surface area is 276 Å². The molecule has 2 atom stereocenters. The van der Waals surface area contributed by atoms with Gasteiger partial charge in [0.15, 0.2) is 0 Å². The molecule has 0 radical (unpaired) electrons. The summed E-state index contributed by atoms with van der Waals surface area (Å²) in [5.41, 5.74) is 7.71. The summed E-state index contributed by atoms with van der Waals surface area (Å²) in [7, 11) is 1.49. The van der Waals surface area contributed by atoms with Crippen LogP contribution in [-0.4, -0.2) is 36.9 Å². The number of benzene rings is 4. The monoisotopic (exact) mass is 617 g/mol. The highest BCUT2D eigenvalue weighted by atomic mass is 16.5. The number of Topliss-reactive ketones (excluding diaryl/α,β-unsaturated/α-hetero) is 1. The number of ketones is 1. The fraction of sp³-hybridized carbons (Fsp3) is 0.381. The second-order valence-corrected chi connectivity index (χ2v) is 13.2. The first-order chi connectivity index (χ1) is 22.2. The summed E-state index contributed by atoms with van der Waals surface area (Å²) >= 11 is 0. The van der Waals surface area contributed by atoms with Gasteiger partial charge in [-0.1, -0.05) is 137 Å². The van der Waals surface area contributed by atoms with Crippen molar-refractivity contribution in [2.75, 3.05) is 20.2 Å². The molecule has 1 saturated heterocycles. The van der Waals surface area contributed by atoms with Gasteiger partial charge in [0.05, 0.1) is 13.0 Å². The maximum Gasteiger partial charge on any atom is 0.310 e. The summed E-state index contributed by atoms with van der Waals surface area (Å²) < 4.78 is 5.08. The quantitative estimate of drug-likeness (QED) is 0.149. The highest BCUT2D eigenvalue weighted by Crippen LogP contribution is 2.35. The zero-order chi connectivity index (χ0) is 32.9. The molecular weight excluding hydrogens is 566 g/mol. The van der Waals surface area contributed by atoms with Crippen LogP contribution in [0.3, 0.4) is 0 Å². The van der Waals surface area contributed by atoms with E-state index in [1.807, 2.05) is 24.3 Å². The van der Waals surface area contributed by atoms with Crippen LogP contribution in [0.25, 0.3) is 0 Å². The molecule has 4 nitrogen and oxygen atoms in total. The number of nitrogens with zero attached hydrogens (tertiary/aromatic N) is 1. The number of likely N-dealkylation sites (tertiary alicyclic amines) is 1. The van der Waals surface area contributed by atoms with Gasteiger partial charge in [-0.2, -0.15) is 0 Å². The zero-order valence-electron chi connectivity index (χ0n) is 28.3. The van der Waals surface area contributed by atoms with Crippen molar-refractivity contribution in [3.8, 4) is 0 Å². The maximum absolute atomic E-state index is 12.3. The van der Waals surface area contributed by atoms with Crippen LogP contribution in [0.2, 0.25) is 0 Å². The third kappa shape index (κ3) is 10.5. The van der Waals surface area contributed by atoms with E-state index in [-0.39, 0.29) is 17.8 Å². The Balaban J connectivity index is 0.000000212. The lowest BCUT2D eigenvalue weighted by molar-refractivity contribution is -0.145. The van der Waals surface area contributed by atoms with Crippen molar-refractivity contribution in [1.29, 1.82) is 0 Å². The number of hydrogen-bond acceptors (Lipinski definition) is 4. The second kappa shape index (κ2) is 17.6. The Hall–Kier alpha value is -4.02. The normalized spacial score (nSPS) is 16.2. The average Bonchev–Trinajstić information content (AvgIpc) is 3.51. The van der Waals surface area contributed by atoms with E-state index in [1.54, 1.807) is 0 Å². The van der Waals surface area contributed by atoms with Crippen LogP contribution >= 0.6 is 0 Å². The van der Waals surface area contributed by atoms with Gasteiger partial charge in [0.2, 0.25) is 0 Å². The molecule has 0 spiro atoms. The van der Waals surface area contributed by atoms with Crippen LogP contribution in [0.15, 0.2) is 109 Å². The number of carbonyl (C=O) groups is 2. The van der Waals surface area contributed by atoms with Crippen molar-refractivity contribution >= 4 is 11.8 Å². The molecule has 0 bridgehead atoms. The summed E-state index contributed by atoms with van der Waals surface area (Å²) in [5.74, 6) is 1.40. The molecule has 0 saturated carbocycles. The molecule has 0 aliphatic carbocycles. The van der Waals surface area contributed by atoms with E-state index >= 15 is 0 Å². The number of aryl methyl sites for hydroxylation is 2. The molecule has 1 heterocycles. The average molecular weight is 618 g/mol. The number of hydrogen-bond donors (Lipinski definition) is 0. The lowest BCUT2D eigenvalue weighted by atomic mass is 9.88. The molecule has 242 valence electrons. The topological polar surface area (TPSA) is 46.6 Å². The van der Waals surface area contributed by atoms with Gasteiger partial charge in [0, 0.05) is 38.4 Å². The van der Waals surface area contributed by atoms with E-state index in [2.05, 4.69) is 118 Å². The van der Waals surface area contributed by atoms with Crippen molar-refractivity contribution in [3.63, 3.8) is 0 Å². The molecule has 4 heteroatoms. The molecule has 1 fully saturated rings. The van der Waals surface area contributed by atoms with Crippen LogP contribution in [-0.2, 0) is 33.7 Å². The Kier molecular flexibility index (Phi) is 13.3. The van der Waals surface area contributed by atoms with E-state index < -0.39 is 0 Å². The first-order valence-corrected chi connectivity index (χ1v) is 16.8. The molecular formula is C42H51NO3. The molecule has 0 aromatic heterocycles. The zero-order valence-corrected chi connectivity index (χ0v) is 28.3. The number of rotatable bonds is 12. The van der Waals surface area contributed by atoms with Crippen LogP contribution < -0.4 is 0 Å². The highest BCUT2D eigenvalue weighted by molar-refractivity contribution is 5.78. The summed E-state index contributed by atoms with van der Waals surface area (Å²) in [6.45, 7) is 11.3. The molecule has 4 aromatic carbocycles. The van der Waals surface area contributed by atoms with Crippen LogP contribution in [0, 0.1) is 5.92 Å². The molecule has 0 amide bonds. The fourth-order valence-electron chi connectivity index (χ4n) is 6.16. The Morgan fingerprint density at radius 2 is 1.24 bits per heavy atom. The summed E-state index contributed by atoms with van der Waals surface area (Å²) in [5, 5.41) is 0. The molecule has 1 aliphatic rings. The fourth-order valence-corrected chi connectivity index (χ4v) is 6.16. The Morgan fingerprint density at radius 3 is 1.83 bits per heavy atom. The van der Waals surface area contributed by atoms with Crippen LogP contribution in [0.5, 0.6) is 0 Å². The first kappa shape index (κ1) is 34.8. The first-order valence-electron chi connectivity index (χ1n) is 16.8. The number of carbonyl (C=O) groups excluding carboxylic acids is 2. The third-order valence-electron chi connectivity index (χ3n) is 9.03. The molecule has 1 aliphatic heterocycles. The van der Waals surface area contributed by atoms with Gasteiger partial charge >= 0.3 is 5.97 Å². The smallest absolute Gasteiger partial charge is 0.310 e. The molecule has 0 unspecified atom stereocenters. The molecule has 0 N–H and O–H groups in total. The van der Waals surface area contributed by atoms with Crippen molar-refractivity contribution in [2.45, 2.75) is 77.7 Å². The van der Waals surface area contributed by atoms with E-state index in [9.17, 15) is 9.59 Å². The van der Waals surface area contributed by atoms with Gasteiger partial charge in [0.1, 0.15) is 5.78 Å². The SMILES string of the molecule is CC(C)c1cccc(CCC(=O)CCc2ccccc2)c1.COC(=O)[C@H]1CN(Cc2ccccc2)C[C@@H]1c1ccc(C(C)C)cc1. The molecule has 46 heavy (non-hydrogen) atoms. The molecule has 5 rings (SSSR count). The third-order valence-corrected chi connectivity index (χ3v) is 9.03. The van der Waals surface area contributed by atoms with Gasteiger partial charge in [-0.3, -0.25) is 14.5 Å². The summed E-state index contributed by atoms with van der Waals surface area (Å²) in [4.78, 5) is 26.7. The van der Waals surface area contributed by atoms with Crippen LogP contribution in [0.1, 0.15) is 91.7 Å². The number of ether oxygens (including phenoxy) is 1. The largest absolute Gasteiger partial charge is 0.469 e. The van der Waals surface area contributed by atoms with E-state index in [4.69, 9.17) is 4.74 Å². The number of esters is 1. The molecule has 4 aromatic rings. The minimum Gasteiger partial charge on any atom is -0.469 e. The standard InChI is InChI=1S/C22H27NO2.C20H24O/c1-16(2)18-9-11-19(12-10-18)20-14-23(15-21(20)22(24)25-3)13-17-7-5-4-6-8-17;1-16(2)19-10-6-9-18(15-19)12-14-20(21)13-11-17-7-4-3-5-8-17/h4-12,16,20-21H,13-15H2,1-3H3;3-10,15-16H,11-14H2,1-2H3/t20-,21+;/m1./s1. The summed E-state index contributed by atoms with van der Waals surface area (Å²) in [6, 6.07) is 38.0. The van der Waals surface area contributed by atoms with Crippen molar-refractivity contribution in [2.24, 2.45) is 5.92 Å². The highest BCUT2D eigenvalue weighted by Gasteiger charge is 2.39. The van der Waals surface area contributed by atoms with Gasteiger partial charge in [-0.15, -0.1) is 0 Å². The van der Waals surface area contributed by atoms with Gasteiger partial charge in [0.25, 0.3) is 0 Å². The van der Waals surface area contributed by atoms with E-state index in [1.165, 1.54) is 40.5 Å². The Morgan fingerprint density at radius 1 is 0.674 bits per heavy atom. The van der Waals surface area contributed by atoms with Gasteiger partial charge < -0.3 is 4.74 Å². The predicted octanol–water partition coefficient (Wildman–Crippen LogP) is 9.14. The van der Waals surface area contributed by atoms with Crippen molar-refractivity contribution in [3.05, 3.63) is 143 Å². The van der Waals surface area contributed by atoms with Crippen LogP contribution in [0.4, 0.5) is 0 Å². The maximum atomic E-state index is 12.3. The summed E-state index contributed by atoms with van der Waals surface area (Å²) in [6.07, 6.45) is 3.00. The lowest BCUT2D eigenvalue weighted by Crippen LogP contribution is -2.24.